The topological polar surface area (TPSA) is 56.5 Å². The number of imidazole rings is 1. The first-order valence-corrected chi connectivity index (χ1v) is 7.92. The number of aliphatic hydroxyl groups excluding tert-OH is 1. The molecule has 1 aliphatic heterocycles. The Hall–Kier alpha value is -2.67. The van der Waals surface area contributed by atoms with Crippen molar-refractivity contribution in [2.45, 2.75) is 19.6 Å². The molecule has 0 spiro atoms. The third kappa shape index (κ3) is 2.80. The van der Waals surface area contributed by atoms with E-state index in [-0.39, 0.29) is 12.1 Å². The lowest BCUT2D eigenvalue weighted by atomic mass is 10.1. The van der Waals surface area contributed by atoms with Gasteiger partial charge < -0.3 is 19.1 Å². The molecule has 0 aliphatic carbocycles. The van der Waals surface area contributed by atoms with E-state index in [9.17, 15) is 13.9 Å². The van der Waals surface area contributed by atoms with Gasteiger partial charge in [-0.15, -0.1) is 0 Å². The van der Waals surface area contributed by atoms with E-state index in [1.807, 2.05) is 0 Å². The summed E-state index contributed by atoms with van der Waals surface area (Å²) in [6.45, 7) is 2.77. The van der Waals surface area contributed by atoms with Crippen molar-refractivity contribution in [2.75, 3.05) is 13.2 Å². The molecule has 1 atom stereocenters. The summed E-state index contributed by atoms with van der Waals surface area (Å²) in [5.74, 6) is 0.632. The van der Waals surface area contributed by atoms with Crippen molar-refractivity contribution >= 4 is 11.0 Å². The molecule has 0 saturated heterocycles. The summed E-state index contributed by atoms with van der Waals surface area (Å²) in [7, 11) is 0. The smallest absolute Gasteiger partial charge is 0.163 e. The molecule has 0 radical (unpaired) electrons. The zero-order valence-corrected chi connectivity index (χ0v) is 13.5. The van der Waals surface area contributed by atoms with Crippen molar-refractivity contribution < 1.29 is 23.4 Å². The zero-order chi connectivity index (χ0) is 17.6. The minimum atomic E-state index is -1.21. The average molecular weight is 346 g/mol. The van der Waals surface area contributed by atoms with E-state index in [4.69, 9.17) is 9.47 Å². The molecule has 0 amide bonds. The highest BCUT2D eigenvalue weighted by Gasteiger charge is 2.20. The molecule has 2 heterocycles. The Morgan fingerprint density at radius 1 is 1.16 bits per heavy atom. The molecule has 7 heteroatoms. The van der Waals surface area contributed by atoms with Crippen molar-refractivity contribution in [1.82, 2.24) is 9.55 Å². The fourth-order valence-corrected chi connectivity index (χ4v) is 3.05. The number of halogens is 2. The monoisotopic (exact) mass is 346 g/mol. The molecular weight excluding hydrogens is 330 g/mol. The predicted octanol–water partition coefficient (Wildman–Crippen LogP) is 3.13. The minimum Gasteiger partial charge on any atom is -0.486 e. The van der Waals surface area contributed by atoms with Gasteiger partial charge in [0.15, 0.2) is 11.5 Å². The summed E-state index contributed by atoms with van der Waals surface area (Å²) < 4.78 is 40.2. The van der Waals surface area contributed by atoms with Gasteiger partial charge in [0.25, 0.3) is 0 Å². The first-order valence-electron chi connectivity index (χ1n) is 7.92. The second-order valence-electron chi connectivity index (χ2n) is 5.94. The minimum absolute atomic E-state index is 0.0440. The molecular formula is C18H16F2N2O3. The highest BCUT2D eigenvalue weighted by Crippen LogP contribution is 2.35. The largest absolute Gasteiger partial charge is 0.486 e. The summed E-state index contributed by atoms with van der Waals surface area (Å²) in [6.07, 6.45) is -1.21. The van der Waals surface area contributed by atoms with Gasteiger partial charge in [0.2, 0.25) is 0 Å². The molecule has 4 rings (SSSR count). The summed E-state index contributed by atoms with van der Waals surface area (Å²) in [4.78, 5) is 4.46. The van der Waals surface area contributed by atoms with Crippen LogP contribution in [0.15, 0.2) is 30.3 Å². The third-order valence-corrected chi connectivity index (χ3v) is 4.28. The maximum atomic E-state index is 13.9. The Balaban J connectivity index is 1.73. The third-order valence-electron chi connectivity index (χ3n) is 4.28. The maximum absolute atomic E-state index is 13.9. The number of aryl methyl sites for hydroxylation is 1. The molecule has 1 aliphatic rings. The van der Waals surface area contributed by atoms with Gasteiger partial charge in [-0.25, -0.2) is 13.8 Å². The molecule has 0 bridgehead atoms. The van der Waals surface area contributed by atoms with E-state index in [1.165, 1.54) is 0 Å². The van der Waals surface area contributed by atoms with Crippen molar-refractivity contribution in [3.8, 4) is 11.5 Å². The SMILES string of the molecule is Cc1nc2cc3c(cc2n1CC(O)c1cc(F)ccc1F)OCCO3. The quantitative estimate of drug-likeness (QED) is 0.792. The number of aromatic nitrogens is 2. The van der Waals surface area contributed by atoms with Crippen LogP contribution in [0.25, 0.3) is 11.0 Å². The Kier molecular flexibility index (Phi) is 3.80. The van der Waals surface area contributed by atoms with Crippen LogP contribution in [0.3, 0.4) is 0 Å². The second-order valence-corrected chi connectivity index (χ2v) is 5.94. The molecule has 1 N–H and O–H groups in total. The van der Waals surface area contributed by atoms with Crippen LogP contribution in [0.1, 0.15) is 17.5 Å². The van der Waals surface area contributed by atoms with E-state index < -0.39 is 17.7 Å². The Morgan fingerprint density at radius 2 is 1.88 bits per heavy atom. The van der Waals surface area contributed by atoms with Crippen molar-refractivity contribution in [1.29, 1.82) is 0 Å². The number of aliphatic hydroxyl groups is 1. The fourth-order valence-electron chi connectivity index (χ4n) is 3.05. The number of nitrogens with zero attached hydrogens (tertiary/aromatic N) is 2. The molecule has 3 aromatic rings. The average Bonchev–Trinajstić information content (AvgIpc) is 2.89. The van der Waals surface area contributed by atoms with Gasteiger partial charge in [0.05, 0.1) is 23.7 Å². The van der Waals surface area contributed by atoms with Gasteiger partial charge in [-0.3, -0.25) is 0 Å². The molecule has 1 aromatic heterocycles. The lowest BCUT2D eigenvalue weighted by Crippen LogP contribution is -2.15. The van der Waals surface area contributed by atoms with Gasteiger partial charge in [-0.2, -0.15) is 0 Å². The second kappa shape index (κ2) is 6.00. The van der Waals surface area contributed by atoms with Gasteiger partial charge in [0, 0.05) is 17.7 Å². The Bertz CT molecular complexity index is 955. The first kappa shape index (κ1) is 15.8. The number of benzene rings is 2. The number of rotatable bonds is 3. The van der Waals surface area contributed by atoms with Crippen LogP contribution < -0.4 is 9.47 Å². The van der Waals surface area contributed by atoms with Gasteiger partial charge >= 0.3 is 0 Å². The number of fused-ring (bicyclic) bond motifs is 2. The highest BCUT2D eigenvalue weighted by molar-refractivity contribution is 5.80. The summed E-state index contributed by atoms with van der Waals surface area (Å²) in [5.41, 5.74) is 1.34. The molecule has 5 nitrogen and oxygen atoms in total. The van der Waals surface area contributed by atoms with Crippen LogP contribution in [0.5, 0.6) is 11.5 Å². The summed E-state index contributed by atoms with van der Waals surface area (Å²) in [5, 5.41) is 10.4. The molecule has 2 aromatic carbocycles. The first-order chi connectivity index (χ1) is 12.0. The zero-order valence-electron chi connectivity index (χ0n) is 13.5. The van der Waals surface area contributed by atoms with Crippen LogP contribution >= 0.6 is 0 Å². The van der Waals surface area contributed by atoms with Crippen LogP contribution in [0.4, 0.5) is 8.78 Å². The molecule has 0 saturated carbocycles. The predicted molar refractivity (Wildman–Crippen MR) is 86.8 cm³/mol. The maximum Gasteiger partial charge on any atom is 0.163 e. The van der Waals surface area contributed by atoms with E-state index in [0.29, 0.717) is 36.1 Å². The van der Waals surface area contributed by atoms with Gasteiger partial charge in [-0.05, 0) is 25.1 Å². The van der Waals surface area contributed by atoms with Gasteiger partial charge in [0.1, 0.15) is 30.7 Å². The van der Waals surface area contributed by atoms with E-state index in [1.54, 1.807) is 23.6 Å². The van der Waals surface area contributed by atoms with Crippen LogP contribution in [0, 0.1) is 18.6 Å². The molecule has 25 heavy (non-hydrogen) atoms. The summed E-state index contributed by atoms with van der Waals surface area (Å²) in [6, 6.07) is 6.61. The standard InChI is InChI=1S/C18H16F2N2O3/c1-10-21-14-7-17-18(25-5-4-24-17)8-15(14)22(10)9-16(23)12-6-11(19)2-3-13(12)20/h2-3,6-8,16,23H,4-5,9H2,1H3. The van der Waals surface area contributed by atoms with E-state index >= 15 is 0 Å². The molecule has 130 valence electrons. The Morgan fingerprint density at radius 3 is 2.64 bits per heavy atom. The lowest BCUT2D eigenvalue weighted by molar-refractivity contribution is 0.152. The van der Waals surface area contributed by atoms with Crippen LogP contribution in [-0.4, -0.2) is 27.9 Å². The van der Waals surface area contributed by atoms with E-state index in [0.717, 1.165) is 23.7 Å². The Labute approximate surface area is 142 Å². The van der Waals surface area contributed by atoms with Crippen molar-refractivity contribution in [3.05, 3.63) is 53.4 Å². The summed E-state index contributed by atoms with van der Waals surface area (Å²) >= 11 is 0. The van der Waals surface area contributed by atoms with Crippen molar-refractivity contribution in [2.24, 2.45) is 0 Å². The fraction of sp³-hybridized carbons (Fsp3) is 0.278. The van der Waals surface area contributed by atoms with Crippen LogP contribution in [-0.2, 0) is 6.54 Å². The normalized spacial score (nSPS) is 14.7. The van der Waals surface area contributed by atoms with Gasteiger partial charge in [-0.1, -0.05) is 0 Å². The van der Waals surface area contributed by atoms with E-state index in [2.05, 4.69) is 4.98 Å². The number of ether oxygens (including phenoxy) is 2. The number of hydrogen-bond acceptors (Lipinski definition) is 4. The molecule has 1 unspecified atom stereocenters. The highest BCUT2D eigenvalue weighted by atomic mass is 19.1. The number of hydrogen-bond donors (Lipinski definition) is 1. The lowest BCUT2D eigenvalue weighted by Gasteiger charge is -2.19. The van der Waals surface area contributed by atoms with Crippen molar-refractivity contribution in [3.63, 3.8) is 0 Å². The molecule has 0 fully saturated rings. The van der Waals surface area contributed by atoms with Crippen LogP contribution in [0.2, 0.25) is 0 Å².